The van der Waals surface area contributed by atoms with Crippen molar-refractivity contribution < 1.29 is 34.1 Å². The van der Waals surface area contributed by atoms with Crippen LogP contribution in [0.3, 0.4) is 0 Å². The summed E-state index contributed by atoms with van der Waals surface area (Å²) in [4.78, 5) is 43.5. The maximum absolute atomic E-state index is 16.9. The lowest BCUT2D eigenvalue weighted by molar-refractivity contribution is -0.199. The van der Waals surface area contributed by atoms with E-state index in [2.05, 4.69) is 10.3 Å². The molecule has 214 valence electrons. The highest BCUT2D eigenvalue weighted by atomic mass is 35.5. The van der Waals surface area contributed by atoms with Crippen LogP contribution in [0.2, 0.25) is 0 Å². The van der Waals surface area contributed by atoms with Gasteiger partial charge in [0.05, 0.1) is 17.7 Å². The van der Waals surface area contributed by atoms with Crippen molar-refractivity contribution in [3.8, 4) is 0 Å². The molecule has 0 spiro atoms. The third-order valence-electron chi connectivity index (χ3n) is 5.81. The topological polar surface area (TPSA) is 150 Å². The highest BCUT2D eigenvalue weighted by Crippen LogP contribution is 2.55. The van der Waals surface area contributed by atoms with E-state index in [0.717, 1.165) is 0 Å². The molecular weight excluding hydrogens is 543 g/mol. The number of rotatable bonds is 4. The first-order chi connectivity index (χ1) is 17.1. The summed E-state index contributed by atoms with van der Waals surface area (Å²) < 4.78 is 16.9. The van der Waals surface area contributed by atoms with Crippen LogP contribution in [-0.2, 0) is 6.54 Å². The highest BCUT2D eigenvalue weighted by Gasteiger charge is 2.65. The average molecular weight is 579 g/mol. The average Bonchev–Trinajstić information content (AvgIpc) is 3.22. The maximum atomic E-state index is 16.9. The molecule has 2 atom stereocenters. The SMILES string of the molecule is CC(C)(C)N1C(NCc2cscn2)=C(F)C(N(C(=O)O)N(C(=O)O)C(=O)O)N(C(C)(C)C)C1(Cl)C(C)(C)C. The van der Waals surface area contributed by atoms with Crippen LogP contribution in [0.15, 0.2) is 22.5 Å². The van der Waals surface area contributed by atoms with Crippen molar-refractivity contribution in [2.24, 2.45) is 5.41 Å². The second-order valence-corrected chi connectivity index (χ2v) is 13.0. The lowest BCUT2D eigenvalue weighted by Crippen LogP contribution is -2.79. The van der Waals surface area contributed by atoms with Crippen LogP contribution in [0, 0.1) is 5.41 Å². The third-order valence-corrected chi connectivity index (χ3v) is 7.36. The van der Waals surface area contributed by atoms with Crippen molar-refractivity contribution in [2.45, 2.75) is 91.2 Å². The number of hydrogen-bond acceptors (Lipinski definition) is 8. The van der Waals surface area contributed by atoms with Crippen LogP contribution < -0.4 is 5.32 Å². The van der Waals surface area contributed by atoms with E-state index in [0.29, 0.717) is 5.69 Å². The standard InChI is InChI=1S/C23H36ClFN6O6S/c1-20(2,3)23(24)30(21(4,5)6)15(26-10-13-11-38-12-27-13)14(25)16(31(23)22(7,8)9)28(17(32)33)29(18(34)35)19(36)37/h11-12,16,26H,10H2,1-9H3,(H,32,33)(H,34,35)(H,36,37). The summed E-state index contributed by atoms with van der Waals surface area (Å²) in [7, 11) is 0. The van der Waals surface area contributed by atoms with Crippen LogP contribution in [-0.4, -0.2) is 80.8 Å². The molecule has 2 rings (SSSR count). The lowest BCUT2D eigenvalue weighted by Gasteiger charge is -2.66. The summed E-state index contributed by atoms with van der Waals surface area (Å²) in [6.45, 7) is 15.7. The highest BCUT2D eigenvalue weighted by molar-refractivity contribution is 7.07. The molecule has 4 N–H and O–H groups in total. The zero-order valence-corrected chi connectivity index (χ0v) is 24.5. The summed E-state index contributed by atoms with van der Waals surface area (Å²) in [6, 6.07) is 0. The molecule has 38 heavy (non-hydrogen) atoms. The number of nitrogens with zero attached hydrogens (tertiary/aromatic N) is 5. The van der Waals surface area contributed by atoms with Gasteiger partial charge >= 0.3 is 18.3 Å². The maximum Gasteiger partial charge on any atom is 0.436 e. The number of imide groups is 1. The number of aromatic nitrogens is 1. The molecule has 3 amide bonds. The van der Waals surface area contributed by atoms with Crippen molar-refractivity contribution >= 4 is 41.2 Å². The molecule has 0 bridgehead atoms. The quantitative estimate of drug-likeness (QED) is 0.207. The van der Waals surface area contributed by atoms with Crippen molar-refractivity contribution in [3.63, 3.8) is 0 Å². The molecule has 2 heterocycles. The van der Waals surface area contributed by atoms with Gasteiger partial charge < -0.3 is 25.5 Å². The van der Waals surface area contributed by atoms with Crippen LogP contribution in [0.1, 0.15) is 68.0 Å². The minimum absolute atomic E-state index is 0.0346. The van der Waals surface area contributed by atoms with Gasteiger partial charge in [0.15, 0.2) is 17.1 Å². The van der Waals surface area contributed by atoms with Gasteiger partial charge in [0.1, 0.15) is 5.82 Å². The molecule has 1 aromatic rings. The third kappa shape index (κ3) is 5.61. The molecule has 1 aliphatic heterocycles. The fourth-order valence-electron chi connectivity index (χ4n) is 4.49. The Bertz CT molecular complexity index is 1080. The Morgan fingerprint density at radius 1 is 1.05 bits per heavy atom. The first-order valence-electron chi connectivity index (χ1n) is 11.7. The fourth-order valence-corrected chi connectivity index (χ4v) is 5.74. The summed E-state index contributed by atoms with van der Waals surface area (Å²) >= 11 is 8.87. The van der Waals surface area contributed by atoms with Gasteiger partial charge in [-0.3, -0.25) is 0 Å². The zero-order chi connectivity index (χ0) is 29.6. The van der Waals surface area contributed by atoms with E-state index in [1.165, 1.54) is 16.2 Å². The number of nitrogens with one attached hydrogen (secondary N) is 1. The van der Waals surface area contributed by atoms with Crippen LogP contribution in [0.5, 0.6) is 0 Å². The van der Waals surface area contributed by atoms with E-state index in [9.17, 15) is 29.7 Å². The Balaban J connectivity index is 3.07. The van der Waals surface area contributed by atoms with Gasteiger partial charge in [-0.25, -0.2) is 28.7 Å². The summed E-state index contributed by atoms with van der Waals surface area (Å²) in [6.07, 6.45) is -8.37. The summed E-state index contributed by atoms with van der Waals surface area (Å²) in [5, 5.41) is 31.9. The monoisotopic (exact) mass is 578 g/mol. The Labute approximate surface area is 230 Å². The number of amides is 3. The molecule has 0 fully saturated rings. The van der Waals surface area contributed by atoms with Crippen molar-refractivity contribution in [2.75, 3.05) is 0 Å². The van der Waals surface area contributed by atoms with Gasteiger partial charge in [-0.05, 0) is 41.5 Å². The Morgan fingerprint density at radius 2 is 1.58 bits per heavy atom. The lowest BCUT2D eigenvalue weighted by atomic mass is 9.82. The number of halogens is 2. The van der Waals surface area contributed by atoms with Crippen LogP contribution in [0.4, 0.5) is 18.8 Å². The number of carbonyl (C=O) groups is 3. The normalized spacial score (nSPS) is 21.3. The fraction of sp³-hybridized carbons (Fsp3) is 0.652. The smallest absolute Gasteiger partial charge is 0.436 e. The molecule has 12 nitrogen and oxygen atoms in total. The van der Waals surface area contributed by atoms with Gasteiger partial charge in [0, 0.05) is 21.9 Å². The van der Waals surface area contributed by atoms with Gasteiger partial charge in [0.2, 0.25) is 0 Å². The first kappa shape index (κ1) is 31.4. The van der Waals surface area contributed by atoms with E-state index >= 15 is 4.39 Å². The number of carboxylic acid groups (broad SMARTS) is 3. The molecule has 0 aliphatic carbocycles. The number of hydrogen-bond donors (Lipinski definition) is 4. The molecule has 2 unspecified atom stereocenters. The van der Waals surface area contributed by atoms with E-state index in [-0.39, 0.29) is 17.4 Å². The predicted octanol–water partition coefficient (Wildman–Crippen LogP) is 5.40. The Hall–Kier alpha value is -2.84. The molecule has 0 saturated heterocycles. The minimum atomic E-state index is -2.13. The van der Waals surface area contributed by atoms with E-state index in [1.807, 2.05) is 0 Å². The Morgan fingerprint density at radius 3 is 1.92 bits per heavy atom. The van der Waals surface area contributed by atoms with Crippen molar-refractivity contribution in [1.29, 1.82) is 0 Å². The largest absolute Gasteiger partial charge is 0.464 e. The zero-order valence-electron chi connectivity index (χ0n) is 22.9. The van der Waals surface area contributed by atoms with E-state index < -0.39 is 56.9 Å². The summed E-state index contributed by atoms with van der Waals surface area (Å²) in [5.41, 5.74) is -0.791. The summed E-state index contributed by atoms with van der Waals surface area (Å²) in [5.74, 6) is -1.36. The molecule has 1 aromatic heterocycles. The number of hydrazine groups is 1. The van der Waals surface area contributed by atoms with Crippen molar-refractivity contribution in [3.05, 3.63) is 28.2 Å². The van der Waals surface area contributed by atoms with Gasteiger partial charge in [-0.1, -0.05) is 32.4 Å². The Kier molecular flexibility index (Phi) is 8.57. The molecule has 0 radical (unpaired) electrons. The van der Waals surface area contributed by atoms with E-state index in [1.54, 1.807) is 78.1 Å². The second-order valence-electron chi connectivity index (χ2n) is 11.8. The molecule has 1 aliphatic rings. The molecule has 0 saturated carbocycles. The van der Waals surface area contributed by atoms with Crippen LogP contribution in [0.25, 0.3) is 0 Å². The van der Waals surface area contributed by atoms with Crippen molar-refractivity contribution in [1.82, 2.24) is 30.1 Å². The first-order valence-corrected chi connectivity index (χ1v) is 13.0. The minimum Gasteiger partial charge on any atom is -0.464 e. The van der Waals surface area contributed by atoms with Gasteiger partial charge in [0.25, 0.3) is 0 Å². The van der Waals surface area contributed by atoms with E-state index in [4.69, 9.17) is 11.6 Å². The second kappa shape index (κ2) is 10.4. The van der Waals surface area contributed by atoms with Crippen LogP contribution >= 0.6 is 22.9 Å². The van der Waals surface area contributed by atoms with Gasteiger partial charge in [-0.2, -0.15) is 5.01 Å². The number of alkyl halides is 1. The molecular formula is C23H36ClFN6O6S. The number of thiazole rings is 1. The molecule has 0 aromatic carbocycles. The predicted molar refractivity (Wildman–Crippen MR) is 140 cm³/mol. The molecule has 15 heteroatoms. The van der Waals surface area contributed by atoms with Gasteiger partial charge in [-0.15, -0.1) is 16.3 Å².